The predicted octanol–water partition coefficient (Wildman–Crippen LogP) is 2.35. The molecule has 1 amide bonds. The number of carbonyl (C=O) groups excluding carboxylic acids is 1. The van der Waals surface area contributed by atoms with E-state index in [1.54, 1.807) is 0 Å². The Morgan fingerprint density at radius 1 is 1.47 bits per heavy atom. The summed E-state index contributed by atoms with van der Waals surface area (Å²) in [5.74, 6) is 0.149. The van der Waals surface area contributed by atoms with Gasteiger partial charge in [-0.25, -0.2) is 0 Å². The number of nitrogens with one attached hydrogen (secondary N) is 1. The molecule has 1 aromatic heterocycles. The van der Waals surface area contributed by atoms with Crippen molar-refractivity contribution >= 4 is 28.3 Å². The van der Waals surface area contributed by atoms with Crippen LogP contribution in [0.25, 0.3) is 0 Å². The number of amides is 1. The summed E-state index contributed by atoms with van der Waals surface area (Å²) in [6.45, 7) is 11.1. The van der Waals surface area contributed by atoms with Gasteiger partial charge in [0.05, 0.1) is 0 Å². The maximum atomic E-state index is 12.2. The molecule has 0 aliphatic carbocycles. The second-order valence-corrected chi connectivity index (χ2v) is 7.04. The zero-order valence-electron chi connectivity index (χ0n) is 12.6. The standard InChI is InChI=1S/C13H24N4OS/c1-8(2)15-11(18)9-10(14)16-19-12(9)17(6)7-13(3,4)5/h8H,7H2,1-6H3,(H2,14,16)(H,15,18). The van der Waals surface area contributed by atoms with Crippen LogP contribution >= 0.6 is 11.5 Å². The molecule has 0 unspecified atom stereocenters. The van der Waals surface area contributed by atoms with Crippen LogP contribution in [-0.4, -0.2) is 29.9 Å². The number of nitrogens with two attached hydrogens (primary N) is 1. The number of anilines is 2. The lowest BCUT2D eigenvalue weighted by Crippen LogP contribution is -2.33. The molecule has 0 aromatic carbocycles. The first kappa shape index (κ1) is 15.8. The Bertz CT molecular complexity index is 448. The highest BCUT2D eigenvalue weighted by Crippen LogP contribution is 2.31. The summed E-state index contributed by atoms with van der Waals surface area (Å²) < 4.78 is 4.11. The molecule has 3 N–H and O–H groups in total. The molecule has 108 valence electrons. The fraction of sp³-hybridized carbons (Fsp3) is 0.692. The minimum absolute atomic E-state index is 0.0765. The van der Waals surface area contributed by atoms with E-state index in [1.165, 1.54) is 11.5 Å². The van der Waals surface area contributed by atoms with E-state index in [2.05, 4.69) is 30.5 Å². The van der Waals surface area contributed by atoms with Crippen molar-refractivity contribution in [3.8, 4) is 0 Å². The summed E-state index contributed by atoms with van der Waals surface area (Å²) >= 11 is 1.27. The average molecular weight is 284 g/mol. The Morgan fingerprint density at radius 3 is 2.53 bits per heavy atom. The van der Waals surface area contributed by atoms with E-state index in [0.29, 0.717) is 11.4 Å². The minimum atomic E-state index is -0.156. The van der Waals surface area contributed by atoms with Gasteiger partial charge in [-0.05, 0) is 30.8 Å². The van der Waals surface area contributed by atoms with Crippen LogP contribution in [0.4, 0.5) is 10.8 Å². The normalized spacial score (nSPS) is 11.7. The van der Waals surface area contributed by atoms with E-state index in [0.717, 1.165) is 11.5 Å². The predicted molar refractivity (Wildman–Crippen MR) is 81.9 cm³/mol. The zero-order chi connectivity index (χ0) is 14.8. The van der Waals surface area contributed by atoms with Crippen molar-refractivity contribution in [1.82, 2.24) is 9.69 Å². The quantitative estimate of drug-likeness (QED) is 0.890. The SMILES string of the molecule is CC(C)NC(=O)c1c(N)nsc1N(C)CC(C)(C)C. The van der Waals surface area contributed by atoms with Gasteiger partial charge in [-0.15, -0.1) is 0 Å². The second kappa shape index (κ2) is 5.77. The van der Waals surface area contributed by atoms with Crippen LogP contribution in [0.15, 0.2) is 0 Å². The van der Waals surface area contributed by atoms with Gasteiger partial charge in [0, 0.05) is 19.6 Å². The first-order valence-electron chi connectivity index (χ1n) is 6.39. The first-order valence-corrected chi connectivity index (χ1v) is 7.16. The number of aromatic nitrogens is 1. The van der Waals surface area contributed by atoms with E-state index in [-0.39, 0.29) is 17.4 Å². The molecule has 0 atom stereocenters. The Kier molecular flexibility index (Phi) is 4.79. The van der Waals surface area contributed by atoms with Gasteiger partial charge in [-0.3, -0.25) is 4.79 Å². The number of hydrogen-bond donors (Lipinski definition) is 2. The number of nitrogen functional groups attached to an aromatic ring is 1. The Labute approximate surface area is 119 Å². The van der Waals surface area contributed by atoms with Gasteiger partial charge in [0.15, 0.2) is 5.82 Å². The fourth-order valence-electron chi connectivity index (χ4n) is 1.88. The molecule has 0 aliphatic heterocycles. The maximum absolute atomic E-state index is 12.2. The van der Waals surface area contributed by atoms with Crippen molar-refractivity contribution in [3.05, 3.63) is 5.56 Å². The molecule has 5 nitrogen and oxygen atoms in total. The average Bonchev–Trinajstić information content (AvgIpc) is 2.56. The molecule has 6 heteroatoms. The molecular formula is C13H24N4OS. The molecule has 1 aromatic rings. The van der Waals surface area contributed by atoms with Crippen molar-refractivity contribution in [2.75, 3.05) is 24.2 Å². The van der Waals surface area contributed by atoms with E-state index < -0.39 is 0 Å². The zero-order valence-corrected chi connectivity index (χ0v) is 13.4. The summed E-state index contributed by atoms with van der Waals surface area (Å²) in [4.78, 5) is 14.2. The molecule has 19 heavy (non-hydrogen) atoms. The van der Waals surface area contributed by atoms with Crippen LogP contribution in [0.1, 0.15) is 45.0 Å². The van der Waals surface area contributed by atoms with Crippen molar-refractivity contribution in [2.45, 2.75) is 40.7 Å². The van der Waals surface area contributed by atoms with E-state index >= 15 is 0 Å². The third-order valence-electron chi connectivity index (χ3n) is 2.41. The van der Waals surface area contributed by atoms with Gasteiger partial charge in [0.25, 0.3) is 5.91 Å². The summed E-state index contributed by atoms with van der Waals surface area (Å²) in [6.07, 6.45) is 0. The molecule has 1 rings (SSSR count). The van der Waals surface area contributed by atoms with Crippen LogP contribution in [0.3, 0.4) is 0 Å². The van der Waals surface area contributed by atoms with E-state index in [1.807, 2.05) is 25.8 Å². The molecule has 0 spiro atoms. The third-order valence-corrected chi connectivity index (χ3v) is 3.38. The highest BCUT2D eigenvalue weighted by atomic mass is 32.1. The van der Waals surface area contributed by atoms with Crippen LogP contribution in [0.5, 0.6) is 0 Å². The Morgan fingerprint density at radius 2 is 2.05 bits per heavy atom. The lowest BCUT2D eigenvalue weighted by Gasteiger charge is -2.27. The van der Waals surface area contributed by atoms with Crippen molar-refractivity contribution in [3.63, 3.8) is 0 Å². The Balaban J connectivity index is 3.00. The highest BCUT2D eigenvalue weighted by molar-refractivity contribution is 7.11. The van der Waals surface area contributed by atoms with Gasteiger partial charge >= 0.3 is 0 Å². The number of hydrogen-bond acceptors (Lipinski definition) is 5. The van der Waals surface area contributed by atoms with E-state index in [4.69, 9.17) is 5.73 Å². The van der Waals surface area contributed by atoms with Crippen LogP contribution in [-0.2, 0) is 0 Å². The first-order chi connectivity index (χ1) is 8.61. The van der Waals surface area contributed by atoms with Gasteiger partial charge in [0.1, 0.15) is 10.6 Å². The largest absolute Gasteiger partial charge is 0.382 e. The molecule has 0 saturated carbocycles. The smallest absolute Gasteiger partial charge is 0.258 e. The van der Waals surface area contributed by atoms with Gasteiger partial charge in [0.2, 0.25) is 0 Å². The summed E-state index contributed by atoms with van der Waals surface area (Å²) in [6, 6.07) is 0.0765. The molecule has 0 bridgehead atoms. The van der Waals surface area contributed by atoms with E-state index in [9.17, 15) is 4.79 Å². The van der Waals surface area contributed by atoms with Crippen LogP contribution < -0.4 is 16.0 Å². The number of nitrogens with zero attached hydrogens (tertiary/aromatic N) is 2. The molecule has 0 aliphatic rings. The van der Waals surface area contributed by atoms with Crippen molar-refractivity contribution in [2.24, 2.45) is 5.41 Å². The third kappa shape index (κ3) is 4.38. The van der Waals surface area contributed by atoms with Gasteiger partial charge in [-0.1, -0.05) is 20.8 Å². The lowest BCUT2D eigenvalue weighted by atomic mass is 9.96. The number of rotatable bonds is 4. The lowest BCUT2D eigenvalue weighted by molar-refractivity contribution is 0.0944. The van der Waals surface area contributed by atoms with Crippen LogP contribution in [0.2, 0.25) is 0 Å². The van der Waals surface area contributed by atoms with Gasteiger partial charge in [-0.2, -0.15) is 4.37 Å². The molecule has 1 heterocycles. The topological polar surface area (TPSA) is 71.2 Å². The summed E-state index contributed by atoms with van der Waals surface area (Å²) in [5, 5.41) is 3.69. The fourth-order valence-corrected chi connectivity index (χ4v) is 2.65. The summed E-state index contributed by atoms with van der Waals surface area (Å²) in [7, 11) is 1.96. The number of carbonyl (C=O) groups is 1. The second-order valence-electron chi connectivity index (χ2n) is 6.29. The molecule has 0 saturated heterocycles. The molecule has 0 fully saturated rings. The summed E-state index contributed by atoms with van der Waals surface area (Å²) in [5.41, 5.74) is 6.46. The van der Waals surface area contributed by atoms with Crippen molar-refractivity contribution in [1.29, 1.82) is 0 Å². The monoisotopic (exact) mass is 284 g/mol. The van der Waals surface area contributed by atoms with Gasteiger partial charge < -0.3 is 16.0 Å². The molecule has 0 radical (unpaired) electrons. The Hall–Kier alpha value is -1.30. The van der Waals surface area contributed by atoms with Crippen LogP contribution in [0, 0.1) is 5.41 Å². The highest BCUT2D eigenvalue weighted by Gasteiger charge is 2.24. The maximum Gasteiger partial charge on any atom is 0.258 e. The van der Waals surface area contributed by atoms with Crippen molar-refractivity contribution < 1.29 is 4.79 Å². The molecular weight excluding hydrogens is 260 g/mol. The minimum Gasteiger partial charge on any atom is -0.382 e.